The number of carboxylic acid groups (broad SMARTS) is 1. The SMILES string of the molecule is COc1cc(C=NNc2nc(-c3ccccc3)cs2)ccc1C(=O)O. The molecule has 25 heavy (non-hydrogen) atoms. The molecule has 3 rings (SSSR count). The van der Waals surface area contributed by atoms with Crippen LogP contribution in [0.5, 0.6) is 5.75 Å². The molecule has 2 aromatic carbocycles. The van der Waals surface area contributed by atoms with Gasteiger partial charge < -0.3 is 9.84 Å². The number of nitrogens with zero attached hydrogens (tertiary/aromatic N) is 2. The van der Waals surface area contributed by atoms with Crippen LogP contribution in [0, 0.1) is 0 Å². The molecule has 0 saturated carbocycles. The van der Waals surface area contributed by atoms with Gasteiger partial charge in [-0.05, 0) is 17.7 Å². The number of hydrazone groups is 1. The van der Waals surface area contributed by atoms with E-state index < -0.39 is 5.97 Å². The van der Waals surface area contributed by atoms with Crippen LogP contribution in [0.3, 0.4) is 0 Å². The van der Waals surface area contributed by atoms with Crippen LogP contribution in [-0.4, -0.2) is 29.4 Å². The second-order valence-electron chi connectivity index (χ2n) is 5.04. The fraction of sp³-hybridized carbons (Fsp3) is 0.0556. The van der Waals surface area contributed by atoms with Gasteiger partial charge in [-0.2, -0.15) is 5.10 Å². The molecule has 0 aliphatic heterocycles. The number of ether oxygens (including phenoxy) is 1. The van der Waals surface area contributed by atoms with Crippen LogP contribution in [0.15, 0.2) is 59.0 Å². The fourth-order valence-corrected chi connectivity index (χ4v) is 2.86. The van der Waals surface area contributed by atoms with E-state index in [1.54, 1.807) is 18.3 Å². The molecule has 0 unspecified atom stereocenters. The van der Waals surface area contributed by atoms with E-state index in [1.165, 1.54) is 24.5 Å². The summed E-state index contributed by atoms with van der Waals surface area (Å²) in [7, 11) is 1.43. The average molecular weight is 353 g/mol. The number of aromatic nitrogens is 1. The van der Waals surface area contributed by atoms with Crippen molar-refractivity contribution in [3.63, 3.8) is 0 Å². The van der Waals surface area contributed by atoms with Crippen LogP contribution in [0.25, 0.3) is 11.3 Å². The standard InChI is InChI=1S/C18H15N3O3S/c1-24-16-9-12(7-8-14(16)17(22)23)10-19-21-18-20-15(11-25-18)13-5-3-2-4-6-13/h2-11H,1H3,(H,20,21)(H,22,23). The van der Waals surface area contributed by atoms with Crippen molar-refractivity contribution in [3.8, 4) is 17.0 Å². The van der Waals surface area contributed by atoms with Crippen molar-refractivity contribution < 1.29 is 14.6 Å². The monoisotopic (exact) mass is 353 g/mol. The predicted octanol–water partition coefficient (Wildman–Crippen LogP) is 3.96. The molecule has 2 N–H and O–H groups in total. The van der Waals surface area contributed by atoms with Gasteiger partial charge in [0.1, 0.15) is 11.3 Å². The van der Waals surface area contributed by atoms with Crippen molar-refractivity contribution in [1.29, 1.82) is 0 Å². The summed E-state index contributed by atoms with van der Waals surface area (Å²) < 4.78 is 5.09. The Morgan fingerprint density at radius 1 is 1.28 bits per heavy atom. The average Bonchev–Trinajstić information content (AvgIpc) is 3.11. The van der Waals surface area contributed by atoms with Crippen LogP contribution in [-0.2, 0) is 0 Å². The number of methoxy groups -OCH3 is 1. The quantitative estimate of drug-likeness (QED) is 0.517. The zero-order valence-electron chi connectivity index (χ0n) is 13.3. The molecule has 1 aromatic heterocycles. The van der Waals surface area contributed by atoms with Gasteiger partial charge in [0.15, 0.2) is 0 Å². The molecule has 0 aliphatic carbocycles. The zero-order valence-corrected chi connectivity index (χ0v) is 14.2. The Morgan fingerprint density at radius 3 is 2.80 bits per heavy atom. The maximum absolute atomic E-state index is 11.1. The number of rotatable bonds is 6. The first-order valence-electron chi connectivity index (χ1n) is 7.39. The predicted molar refractivity (Wildman–Crippen MR) is 98.7 cm³/mol. The molecule has 0 radical (unpaired) electrons. The molecule has 0 aliphatic rings. The zero-order chi connectivity index (χ0) is 17.6. The summed E-state index contributed by atoms with van der Waals surface area (Å²) in [6.07, 6.45) is 1.58. The summed E-state index contributed by atoms with van der Waals surface area (Å²) in [4.78, 5) is 15.6. The van der Waals surface area contributed by atoms with Crippen LogP contribution in [0.4, 0.5) is 5.13 Å². The van der Waals surface area contributed by atoms with Gasteiger partial charge in [0.2, 0.25) is 5.13 Å². The summed E-state index contributed by atoms with van der Waals surface area (Å²) in [5.74, 6) is -0.744. The minimum atomic E-state index is -1.03. The number of aromatic carboxylic acids is 1. The third-order valence-electron chi connectivity index (χ3n) is 3.40. The largest absolute Gasteiger partial charge is 0.496 e. The molecule has 0 saturated heterocycles. The fourth-order valence-electron chi connectivity index (χ4n) is 2.19. The molecule has 6 nitrogen and oxygen atoms in total. The van der Waals surface area contributed by atoms with Gasteiger partial charge >= 0.3 is 5.97 Å². The van der Waals surface area contributed by atoms with Gasteiger partial charge in [-0.25, -0.2) is 9.78 Å². The number of hydrogen-bond acceptors (Lipinski definition) is 6. The van der Waals surface area contributed by atoms with Crippen molar-refractivity contribution in [3.05, 3.63) is 65.0 Å². The highest BCUT2D eigenvalue weighted by molar-refractivity contribution is 7.14. The molecular formula is C18H15N3O3S. The second-order valence-corrected chi connectivity index (χ2v) is 5.90. The maximum atomic E-state index is 11.1. The van der Waals surface area contributed by atoms with Crippen molar-refractivity contribution in [2.24, 2.45) is 5.10 Å². The van der Waals surface area contributed by atoms with Crippen LogP contribution in [0.2, 0.25) is 0 Å². The van der Waals surface area contributed by atoms with E-state index >= 15 is 0 Å². The van der Waals surface area contributed by atoms with Crippen molar-refractivity contribution in [1.82, 2.24) is 4.98 Å². The smallest absolute Gasteiger partial charge is 0.339 e. The van der Waals surface area contributed by atoms with Crippen molar-refractivity contribution in [2.45, 2.75) is 0 Å². The Bertz CT molecular complexity index is 907. The first kappa shape index (κ1) is 16.7. The highest BCUT2D eigenvalue weighted by Crippen LogP contribution is 2.24. The molecule has 1 heterocycles. The van der Waals surface area contributed by atoms with E-state index in [1.807, 2.05) is 35.7 Å². The number of anilines is 1. The number of benzene rings is 2. The first-order chi connectivity index (χ1) is 12.2. The first-order valence-corrected chi connectivity index (χ1v) is 8.26. The molecular weight excluding hydrogens is 338 g/mol. The number of carbonyl (C=O) groups is 1. The van der Waals surface area contributed by atoms with E-state index in [9.17, 15) is 4.79 Å². The van der Waals surface area contributed by atoms with Crippen molar-refractivity contribution >= 4 is 28.7 Å². The molecule has 3 aromatic rings. The number of hydrogen-bond donors (Lipinski definition) is 2. The lowest BCUT2D eigenvalue weighted by molar-refractivity contribution is 0.0693. The van der Waals surface area contributed by atoms with Gasteiger partial charge in [0.25, 0.3) is 0 Å². The lowest BCUT2D eigenvalue weighted by Crippen LogP contribution is -2.01. The molecule has 126 valence electrons. The molecule has 0 spiro atoms. The summed E-state index contributed by atoms with van der Waals surface area (Å²) in [5.41, 5.74) is 5.64. The van der Waals surface area contributed by atoms with Gasteiger partial charge in [0, 0.05) is 10.9 Å². The van der Waals surface area contributed by atoms with E-state index in [2.05, 4.69) is 15.5 Å². The van der Waals surface area contributed by atoms with Crippen molar-refractivity contribution in [2.75, 3.05) is 12.5 Å². The molecule has 0 fully saturated rings. The van der Waals surface area contributed by atoms with E-state index in [-0.39, 0.29) is 11.3 Å². The normalized spacial score (nSPS) is 10.8. The van der Waals surface area contributed by atoms with Gasteiger partial charge in [-0.15, -0.1) is 11.3 Å². The van der Waals surface area contributed by atoms with E-state index in [0.29, 0.717) is 10.7 Å². The Labute approximate surface area is 148 Å². The summed E-state index contributed by atoms with van der Waals surface area (Å²) in [6, 6.07) is 14.7. The van der Waals surface area contributed by atoms with Gasteiger partial charge in [-0.1, -0.05) is 36.4 Å². The van der Waals surface area contributed by atoms with Crippen LogP contribution in [0.1, 0.15) is 15.9 Å². The Balaban J connectivity index is 1.70. The molecule has 0 amide bonds. The topological polar surface area (TPSA) is 83.8 Å². The Kier molecular flexibility index (Phi) is 5.06. The number of thiazole rings is 1. The second kappa shape index (κ2) is 7.59. The molecule has 7 heteroatoms. The molecule has 0 atom stereocenters. The maximum Gasteiger partial charge on any atom is 0.339 e. The minimum Gasteiger partial charge on any atom is -0.496 e. The van der Waals surface area contributed by atoms with E-state index in [4.69, 9.17) is 9.84 Å². The Morgan fingerprint density at radius 2 is 2.08 bits per heavy atom. The van der Waals surface area contributed by atoms with Gasteiger partial charge in [-0.3, -0.25) is 5.43 Å². The van der Waals surface area contributed by atoms with E-state index in [0.717, 1.165) is 11.3 Å². The molecule has 0 bridgehead atoms. The number of nitrogens with one attached hydrogen (secondary N) is 1. The summed E-state index contributed by atoms with van der Waals surface area (Å²) >= 11 is 1.46. The highest BCUT2D eigenvalue weighted by Gasteiger charge is 2.10. The lowest BCUT2D eigenvalue weighted by atomic mass is 10.1. The minimum absolute atomic E-state index is 0.111. The third-order valence-corrected chi connectivity index (χ3v) is 4.15. The van der Waals surface area contributed by atoms with Crippen LogP contribution < -0.4 is 10.2 Å². The third kappa shape index (κ3) is 4.02. The number of carboxylic acids is 1. The van der Waals surface area contributed by atoms with Crippen LogP contribution >= 0.6 is 11.3 Å². The Hall–Kier alpha value is -3.19. The van der Waals surface area contributed by atoms with Gasteiger partial charge in [0.05, 0.1) is 19.0 Å². The summed E-state index contributed by atoms with van der Waals surface area (Å²) in [6.45, 7) is 0. The lowest BCUT2D eigenvalue weighted by Gasteiger charge is -2.05. The highest BCUT2D eigenvalue weighted by atomic mass is 32.1. The summed E-state index contributed by atoms with van der Waals surface area (Å²) in [5, 5.41) is 15.8.